The minimum absolute atomic E-state index is 0.0152. The van der Waals surface area contributed by atoms with Crippen LogP contribution in [0.2, 0.25) is 0 Å². The van der Waals surface area contributed by atoms with Gasteiger partial charge in [-0.05, 0) is 24.3 Å². The lowest BCUT2D eigenvalue weighted by Crippen LogP contribution is -2.24. The van der Waals surface area contributed by atoms with E-state index in [1.54, 1.807) is 17.0 Å². The molecule has 0 bridgehead atoms. The number of aromatic hydroxyl groups is 1. The molecule has 122 valence electrons. The molecule has 0 unspecified atom stereocenters. The number of ketones is 1. The van der Waals surface area contributed by atoms with E-state index in [2.05, 4.69) is 0 Å². The molecule has 0 aromatic heterocycles. The highest BCUT2D eigenvalue weighted by atomic mass is 16.3. The SMILES string of the molecule is CN(C)c1ccc(C2=C(O)/C(=C3\C=CC(=N)C=C3O)C2=O)c(O)c1. The first kappa shape index (κ1) is 15.6. The molecule has 6 heteroatoms. The number of allylic oxidation sites excluding steroid dienone is 5. The van der Waals surface area contributed by atoms with Crippen molar-refractivity contribution in [2.24, 2.45) is 0 Å². The van der Waals surface area contributed by atoms with E-state index in [0.29, 0.717) is 0 Å². The molecule has 4 N–H and O–H groups in total. The molecule has 0 amide bonds. The molecule has 1 aromatic carbocycles. The maximum atomic E-state index is 12.4. The summed E-state index contributed by atoms with van der Waals surface area (Å²) in [5.74, 6) is -1.10. The molecule has 2 aliphatic carbocycles. The van der Waals surface area contributed by atoms with Crippen LogP contribution < -0.4 is 4.90 Å². The van der Waals surface area contributed by atoms with Gasteiger partial charge in [0, 0.05) is 43.1 Å². The van der Waals surface area contributed by atoms with Gasteiger partial charge in [0.2, 0.25) is 5.78 Å². The molecule has 0 aliphatic heterocycles. The van der Waals surface area contributed by atoms with Gasteiger partial charge in [0.15, 0.2) is 0 Å². The van der Waals surface area contributed by atoms with Crippen molar-refractivity contribution < 1.29 is 20.1 Å². The fourth-order valence-electron chi connectivity index (χ4n) is 2.65. The summed E-state index contributed by atoms with van der Waals surface area (Å²) in [5, 5.41) is 37.8. The molecule has 1 aromatic rings. The van der Waals surface area contributed by atoms with Gasteiger partial charge in [0.05, 0.1) is 16.9 Å². The maximum Gasteiger partial charge on any atom is 0.202 e. The van der Waals surface area contributed by atoms with Gasteiger partial charge in [-0.25, -0.2) is 0 Å². The number of hydrogen-bond acceptors (Lipinski definition) is 6. The molecule has 3 rings (SSSR count). The Kier molecular flexibility index (Phi) is 3.52. The lowest BCUT2D eigenvalue weighted by molar-refractivity contribution is -0.111. The van der Waals surface area contributed by atoms with Crippen LogP contribution in [0, 0.1) is 5.41 Å². The second kappa shape index (κ2) is 5.42. The van der Waals surface area contributed by atoms with Crippen molar-refractivity contribution in [3.05, 3.63) is 64.7 Å². The number of benzene rings is 1. The van der Waals surface area contributed by atoms with Gasteiger partial charge >= 0.3 is 0 Å². The number of phenolic OH excluding ortho intramolecular Hbond substituents is 1. The zero-order chi connectivity index (χ0) is 17.6. The molecule has 0 radical (unpaired) electrons. The van der Waals surface area contributed by atoms with Crippen molar-refractivity contribution in [2.45, 2.75) is 0 Å². The molecule has 24 heavy (non-hydrogen) atoms. The molecular formula is C18H16N2O4. The van der Waals surface area contributed by atoms with E-state index in [-0.39, 0.29) is 45.3 Å². The molecule has 0 saturated heterocycles. The Bertz CT molecular complexity index is 902. The van der Waals surface area contributed by atoms with E-state index >= 15 is 0 Å². The van der Waals surface area contributed by atoms with Gasteiger partial charge in [-0.3, -0.25) is 4.79 Å². The van der Waals surface area contributed by atoms with Crippen LogP contribution in [0.25, 0.3) is 5.57 Å². The first-order valence-corrected chi connectivity index (χ1v) is 7.22. The predicted octanol–water partition coefficient (Wildman–Crippen LogP) is 2.64. The number of rotatable bonds is 2. The lowest BCUT2D eigenvalue weighted by atomic mass is 9.79. The Morgan fingerprint density at radius 3 is 2.29 bits per heavy atom. The fourth-order valence-corrected chi connectivity index (χ4v) is 2.65. The van der Waals surface area contributed by atoms with Crippen LogP contribution in [0.3, 0.4) is 0 Å². The second-order valence-corrected chi connectivity index (χ2v) is 5.76. The third-order valence-electron chi connectivity index (χ3n) is 3.96. The smallest absolute Gasteiger partial charge is 0.202 e. The molecule has 0 fully saturated rings. The summed E-state index contributed by atoms with van der Waals surface area (Å²) in [6.07, 6.45) is 4.03. The first-order valence-electron chi connectivity index (χ1n) is 7.22. The molecule has 6 nitrogen and oxygen atoms in total. The van der Waals surface area contributed by atoms with Gasteiger partial charge in [-0.15, -0.1) is 0 Å². The Morgan fingerprint density at radius 1 is 1.04 bits per heavy atom. The Hall–Kier alpha value is -3.28. The number of carbonyl (C=O) groups is 1. The minimum Gasteiger partial charge on any atom is -0.507 e. The average molecular weight is 324 g/mol. The number of nitrogens with one attached hydrogen (secondary N) is 1. The number of hydrogen-bond donors (Lipinski definition) is 4. The summed E-state index contributed by atoms with van der Waals surface area (Å²) in [6.45, 7) is 0. The fraction of sp³-hybridized carbons (Fsp3) is 0.111. The number of Topliss-reactive ketones (excluding diaryl/α,β-unsaturated/α-hetero) is 1. The summed E-state index contributed by atoms with van der Waals surface area (Å²) >= 11 is 0. The van der Waals surface area contributed by atoms with Gasteiger partial charge in [0.1, 0.15) is 17.3 Å². The van der Waals surface area contributed by atoms with Crippen molar-refractivity contribution in [3.63, 3.8) is 0 Å². The molecule has 0 spiro atoms. The standard InChI is InChI=1S/C18H16N2O4/c1-20(2)10-4-6-12(14(22)8-10)16-17(23)15(18(16)24)11-5-3-9(19)7-13(11)21/h3-8,19,21-23H,1-2H3/b15-11-,19-9?. The van der Waals surface area contributed by atoms with Crippen molar-refractivity contribution in [3.8, 4) is 5.75 Å². The predicted molar refractivity (Wildman–Crippen MR) is 91.6 cm³/mol. The van der Waals surface area contributed by atoms with Crippen LogP contribution in [0.5, 0.6) is 5.75 Å². The van der Waals surface area contributed by atoms with E-state index in [4.69, 9.17) is 5.41 Å². The van der Waals surface area contributed by atoms with Gasteiger partial charge in [-0.1, -0.05) is 0 Å². The van der Waals surface area contributed by atoms with Crippen LogP contribution in [0.4, 0.5) is 5.69 Å². The molecule has 0 atom stereocenters. The Balaban J connectivity index is 2.08. The van der Waals surface area contributed by atoms with E-state index in [1.807, 2.05) is 14.1 Å². The van der Waals surface area contributed by atoms with Crippen LogP contribution in [0.15, 0.2) is 59.1 Å². The van der Waals surface area contributed by atoms with Crippen molar-refractivity contribution >= 4 is 22.8 Å². The largest absolute Gasteiger partial charge is 0.507 e. The van der Waals surface area contributed by atoms with Crippen LogP contribution >= 0.6 is 0 Å². The molecule has 0 saturated carbocycles. The van der Waals surface area contributed by atoms with E-state index < -0.39 is 5.78 Å². The zero-order valence-corrected chi connectivity index (χ0v) is 13.2. The van der Waals surface area contributed by atoms with Crippen molar-refractivity contribution in [2.75, 3.05) is 19.0 Å². The number of aliphatic hydroxyl groups excluding tert-OH is 2. The van der Waals surface area contributed by atoms with Crippen molar-refractivity contribution in [1.82, 2.24) is 0 Å². The molecule has 0 heterocycles. The number of phenols is 1. The van der Waals surface area contributed by atoms with Gasteiger partial charge in [0.25, 0.3) is 0 Å². The number of nitrogens with zero attached hydrogens (tertiary/aromatic N) is 1. The van der Waals surface area contributed by atoms with E-state index in [1.165, 1.54) is 24.3 Å². The summed E-state index contributed by atoms with van der Waals surface area (Å²) < 4.78 is 0. The number of anilines is 1. The van der Waals surface area contributed by atoms with E-state index in [9.17, 15) is 20.1 Å². The third kappa shape index (κ3) is 2.28. The lowest BCUT2D eigenvalue weighted by Gasteiger charge is -2.25. The van der Waals surface area contributed by atoms with Gasteiger partial charge < -0.3 is 25.6 Å². The quantitative estimate of drug-likeness (QED) is 0.626. The van der Waals surface area contributed by atoms with Crippen LogP contribution in [-0.4, -0.2) is 40.9 Å². The third-order valence-corrected chi connectivity index (χ3v) is 3.96. The minimum atomic E-state index is -0.464. The van der Waals surface area contributed by atoms with Crippen LogP contribution in [0.1, 0.15) is 5.56 Å². The first-order chi connectivity index (χ1) is 11.3. The highest BCUT2D eigenvalue weighted by Gasteiger charge is 2.39. The Labute approximate surface area is 138 Å². The van der Waals surface area contributed by atoms with Gasteiger partial charge in [-0.2, -0.15) is 0 Å². The molecular weight excluding hydrogens is 308 g/mol. The summed E-state index contributed by atoms with van der Waals surface area (Å²) in [4.78, 5) is 14.3. The topological polar surface area (TPSA) is 105 Å². The average Bonchev–Trinajstić information content (AvgIpc) is 2.51. The van der Waals surface area contributed by atoms with Crippen LogP contribution in [-0.2, 0) is 4.79 Å². The summed E-state index contributed by atoms with van der Waals surface area (Å²) in [5.41, 5.74) is 1.27. The highest BCUT2D eigenvalue weighted by molar-refractivity contribution is 6.40. The normalized spacial score (nSPS) is 20.2. The summed E-state index contributed by atoms with van der Waals surface area (Å²) in [7, 11) is 3.65. The maximum absolute atomic E-state index is 12.4. The number of aliphatic hydroxyl groups is 2. The van der Waals surface area contributed by atoms with E-state index in [0.717, 1.165) is 5.69 Å². The highest BCUT2D eigenvalue weighted by Crippen LogP contribution is 2.43. The monoisotopic (exact) mass is 324 g/mol. The molecule has 2 aliphatic rings. The second-order valence-electron chi connectivity index (χ2n) is 5.76. The van der Waals surface area contributed by atoms with Crippen molar-refractivity contribution in [1.29, 1.82) is 5.41 Å². The number of carbonyl (C=O) groups excluding carboxylic acids is 1. The Morgan fingerprint density at radius 2 is 1.75 bits per heavy atom. The zero-order valence-electron chi connectivity index (χ0n) is 13.2. The summed E-state index contributed by atoms with van der Waals surface area (Å²) in [6, 6.07) is 4.80.